The zero-order chi connectivity index (χ0) is 24.7. The summed E-state index contributed by atoms with van der Waals surface area (Å²) in [4.78, 5) is 16.7. The van der Waals surface area contributed by atoms with Crippen molar-refractivity contribution in [3.8, 4) is 0 Å². The molecule has 4 heteroatoms. The van der Waals surface area contributed by atoms with Crippen LogP contribution >= 0.6 is 0 Å². The van der Waals surface area contributed by atoms with E-state index in [1.807, 2.05) is 0 Å². The van der Waals surface area contributed by atoms with E-state index in [1.165, 1.54) is 89.9 Å². The van der Waals surface area contributed by atoms with E-state index >= 15 is 0 Å². The maximum atomic E-state index is 12.1. The van der Waals surface area contributed by atoms with Gasteiger partial charge in [-0.3, -0.25) is 0 Å². The quantitative estimate of drug-likeness (QED) is 0.0832. The van der Waals surface area contributed by atoms with Gasteiger partial charge in [0.25, 0.3) is 0 Å². The summed E-state index contributed by atoms with van der Waals surface area (Å²) < 4.78 is 5.45. The summed E-state index contributed by atoms with van der Waals surface area (Å²) in [5.74, 6) is -0.236. The minimum Gasteiger partial charge on any atom is -0.461 e. The SMILES string of the molecule is C=C(CCN(CC)CC)C(=O)OCCN(C)C(C)CCCCCCCCCCCCCCC. The van der Waals surface area contributed by atoms with Gasteiger partial charge in [-0.25, -0.2) is 4.79 Å². The zero-order valence-corrected chi connectivity index (χ0v) is 23.1. The smallest absolute Gasteiger partial charge is 0.333 e. The zero-order valence-electron chi connectivity index (χ0n) is 23.1. The molecule has 0 aliphatic heterocycles. The molecular weight excluding hydrogens is 408 g/mol. The average Bonchev–Trinajstić information content (AvgIpc) is 2.82. The van der Waals surface area contributed by atoms with Crippen molar-refractivity contribution in [2.75, 3.05) is 39.8 Å². The Morgan fingerprint density at radius 1 is 0.788 bits per heavy atom. The van der Waals surface area contributed by atoms with Gasteiger partial charge in [-0.15, -0.1) is 0 Å². The summed E-state index contributed by atoms with van der Waals surface area (Å²) in [7, 11) is 2.13. The Morgan fingerprint density at radius 3 is 1.76 bits per heavy atom. The number of carbonyl (C=O) groups is 1. The molecule has 0 saturated heterocycles. The summed E-state index contributed by atoms with van der Waals surface area (Å²) >= 11 is 0. The first-order valence-corrected chi connectivity index (χ1v) is 14.2. The lowest BCUT2D eigenvalue weighted by atomic mass is 10.0. The van der Waals surface area contributed by atoms with E-state index < -0.39 is 0 Å². The number of hydrogen-bond acceptors (Lipinski definition) is 4. The number of ether oxygens (including phenoxy) is 1. The molecular formula is C29H58N2O2. The van der Waals surface area contributed by atoms with Crippen molar-refractivity contribution in [3.05, 3.63) is 12.2 Å². The van der Waals surface area contributed by atoms with Gasteiger partial charge in [0, 0.05) is 24.7 Å². The third kappa shape index (κ3) is 19.2. The van der Waals surface area contributed by atoms with Gasteiger partial charge in [-0.05, 0) is 39.9 Å². The van der Waals surface area contributed by atoms with Crippen LogP contribution in [0.4, 0.5) is 0 Å². The van der Waals surface area contributed by atoms with Crippen LogP contribution in [0.2, 0.25) is 0 Å². The van der Waals surface area contributed by atoms with Gasteiger partial charge in [0.15, 0.2) is 0 Å². The molecule has 0 aliphatic rings. The molecule has 0 rings (SSSR count). The number of unbranched alkanes of at least 4 members (excludes halogenated alkanes) is 12. The van der Waals surface area contributed by atoms with Gasteiger partial charge in [0.05, 0.1) is 0 Å². The highest BCUT2D eigenvalue weighted by atomic mass is 16.5. The minimum atomic E-state index is -0.236. The van der Waals surface area contributed by atoms with Crippen molar-refractivity contribution >= 4 is 5.97 Å². The molecule has 196 valence electrons. The second-order valence-electron chi connectivity index (χ2n) is 9.88. The molecule has 1 atom stereocenters. The van der Waals surface area contributed by atoms with Crippen LogP contribution in [0.5, 0.6) is 0 Å². The van der Waals surface area contributed by atoms with Crippen LogP contribution in [-0.2, 0) is 9.53 Å². The first kappa shape index (κ1) is 32.1. The van der Waals surface area contributed by atoms with Gasteiger partial charge < -0.3 is 14.5 Å². The molecule has 0 fully saturated rings. The van der Waals surface area contributed by atoms with E-state index in [-0.39, 0.29) is 5.97 Å². The summed E-state index contributed by atoms with van der Waals surface area (Å²) in [6.45, 7) is 16.9. The first-order chi connectivity index (χ1) is 16.0. The summed E-state index contributed by atoms with van der Waals surface area (Å²) in [6, 6.07) is 0.530. The molecule has 4 nitrogen and oxygen atoms in total. The van der Waals surface area contributed by atoms with E-state index in [2.05, 4.69) is 51.1 Å². The number of rotatable bonds is 24. The van der Waals surface area contributed by atoms with Crippen molar-refractivity contribution in [1.82, 2.24) is 9.80 Å². The minimum absolute atomic E-state index is 0.236. The molecule has 0 aromatic heterocycles. The fraction of sp³-hybridized carbons (Fsp3) is 0.897. The van der Waals surface area contributed by atoms with E-state index in [9.17, 15) is 4.79 Å². The van der Waals surface area contributed by atoms with Crippen LogP contribution in [0.3, 0.4) is 0 Å². The molecule has 0 radical (unpaired) electrons. The summed E-state index contributed by atoms with van der Waals surface area (Å²) in [5.41, 5.74) is 0.588. The molecule has 0 amide bonds. The van der Waals surface area contributed by atoms with Gasteiger partial charge >= 0.3 is 5.97 Å². The summed E-state index contributed by atoms with van der Waals surface area (Å²) in [5, 5.41) is 0. The Labute approximate surface area is 207 Å². The predicted octanol–water partition coefficient (Wildman–Crippen LogP) is 7.62. The van der Waals surface area contributed by atoms with Gasteiger partial charge in [0.1, 0.15) is 6.61 Å². The standard InChI is InChI=1S/C29H58N2O2/c1-7-10-11-12-13-14-15-16-17-18-19-20-21-22-28(5)30(6)25-26-33-29(32)27(4)23-24-31(8-2)9-3/h28H,4,7-26H2,1-3,5-6H3. The molecule has 0 heterocycles. The Bertz CT molecular complexity index is 463. The monoisotopic (exact) mass is 466 g/mol. The molecule has 33 heavy (non-hydrogen) atoms. The largest absolute Gasteiger partial charge is 0.461 e. The van der Waals surface area contributed by atoms with E-state index in [1.54, 1.807) is 0 Å². The van der Waals surface area contributed by atoms with Gasteiger partial charge in [-0.2, -0.15) is 0 Å². The van der Waals surface area contributed by atoms with Crippen LogP contribution in [0.1, 0.15) is 124 Å². The maximum Gasteiger partial charge on any atom is 0.333 e. The Hall–Kier alpha value is -0.870. The fourth-order valence-corrected chi connectivity index (χ4v) is 4.22. The Morgan fingerprint density at radius 2 is 1.27 bits per heavy atom. The normalized spacial score (nSPS) is 12.5. The lowest BCUT2D eigenvalue weighted by Gasteiger charge is -2.24. The molecule has 0 aromatic rings. The van der Waals surface area contributed by atoms with Crippen LogP contribution in [0.15, 0.2) is 12.2 Å². The molecule has 0 spiro atoms. The van der Waals surface area contributed by atoms with E-state index in [0.717, 1.165) is 26.2 Å². The summed E-state index contributed by atoms with van der Waals surface area (Å²) in [6.07, 6.45) is 20.1. The highest BCUT2D eigenvalue weighted by Gasteiger charge is 2.12. The van der Waals surface area contributed by atoms with Crippen LogP contribution in [0, 0.1) is 0 Å². The highest BCUT2D eigenvalue weighted by Crippen LogP contribution is 2.14. The number of esters is 1. The maximum absolute atomic E-state index is 12.1. The van der Waals surface area contributed by atoms with Crippen LogP contribution in [0.25, 0.3) is 0 Å². The van der Waals surface area contributed by atoms with Crippen molar-refractivity contribution in [2.24, 2.45) is 0 Å². The highest BCUT2D eigenvalue weighted by molar-refractivity contribution is 5.87. The molecule has 1 unspecified atom stereocenters. The molecule has 0 saturated carbocycles. The second-order valence-corrected chi connectivity index (χ2v) is 9.88. The molecule has 0 aliphatic carbocycles. The number of carbonyl (C=O) groups excluding carboxylic acids is 1. The lowest BCUT2D eigenvalue weighted by molar-refractivity contribution is -0.139. The second kappa shape index (κ2) is 22.9. The van der Waals surface area contributed by atoms with E-state index in [4.69, 9.17) is 4.74 Å². The first-order valence-electron chi connectivity index (χ1n) is 14.2. The molecule has 0 aromatic carbocycles. The number of likely N-dealkylation sites (N-methyl/N-ethyl adjacent to an activating group) is 1. The van der Waals surface area contributed by atoms with Crippen molar-refractivity contribution in [1.29, 1.82) is 0 Å². The average molecular weight is 467 g/mol. The molecule has 0 bridgehead atoms. The van der Waals surface area contributed by atoms with Gasteiger partial charge in [0.2, 0.25) is 0 Å². The van der Waals surface area contributed by atoms with E-state index in [0.29, 0.717) is 24.6 Å². The van der Waals surface area contributed by atoms with Crippen LogP contribution in [-0.4, -0.2) is 61.6 Å². The Balaban J connectivity index is 3.61. The van der Waals surface area contributed by atoms with Crippen molar-refractivity contribution in [2.45, 2.75) is 130 Å². The lowest BCUT2D eigenvalue weighted by Crippen LogP contribution is -2.32. The van der Waals surface area contributed by atoms with Crippen LogP contribution < -0.4 is 0 Å². The Kier molecular flexibility index (Phi) is 22.3. The number of hydrogen-bond donors (Lipinski definition) is 0. The molecule has 0 N–H and O–H groups in total. The van der Waals surface area contributed by atoms with Gasteiger partial charge in [-0.1, -0.05) is 111 Å². The van der Waals surface area contributed by atoms with Crippen molar-refractivity contribution < 1.29 is 9.53 Å². The fourth-order valence-electron chi connectivity index (χ4n) is 4.22. The third-order valence-corrected chi connectivity index (χ3v) is 7.07. The third-order valence-electron chi connectivity index (χ3n) is 7.07. The predicted molar refractivity (Wildman–Crippen MR) is 145 cm³/mol. The topological polar surface area (TPSA) is 32.8 Å². The number of nitrogens with zero attached hydrogens (tertiary/aromatic N) is 2. The van der Waals surface area contributed by atoms with Crippen molar-refractivity contribution in [3.63, 3.8) is 0 Å².